The number of esters is 8. The summed E-state index contributed by atoms with van der Waals surface area (Å²) in [6, 6.07) is 0. The van der Waals surface area contributed by atoms with E-state index in [1.807, 2.05) is 41.5 Å². The third-order valence-corrected chi connectivity index (χ3v) is 10.7. The zero-order valence-corrected chi connectivity index (χ0v) is 44.2. The molecule has 3 aliphatic heterocycles. The Morgan fingerprint density at radius 3 is 1.07 bits per heavy atom. The highest BCUT2D eigenvalue weighted by atomic mass is 19.4. The summed E-state index contributed by atoms with van der Waals surface area (Å²) in [5.41, 5.74) is 0. The molecule has 2 N–H and O–H groups in total. The van der Waals surface area contributed by atoms with Gasteiger partial charge in [-0.3, -0.25) is 51.3 Å². The number of hydrogen-bond donors (Lipinski definition) is 2. The molecule has 0 spiro atoms. The molecule has 3 fully saturated rings. The van der Waals surface area contributed by atoms with E-state index < -0.39 is 136 Å². The van der Waals surface area contributed by atoms with E-state index in [9.17, 15) is 51.3 Å². The number of rotatable bonds is 17. The topological polar surface area (TPSA) is 306 Å². The molecule has 0 aromatic heterocycles. The average molecular weight is 1070 g/mol. The molecule has 3 rings (SSSR count). The minimum absolute atomic E-state index is 0.0173. The van der Waals surface area contributed by atoms with Crippen LogP contribution in [-0.4, -0.2) is 174 Å². The maximum absolute atomic E-state index is 11.9. The predicted molar refractivity (Wildman–Crippen MR) is 243 cm³/mol. The lowest BCUT2D eigenvalue weighted by atomic mass is 9.83. The Morgan fingerprint density at radius 2 is 0.726 bits per heavy atom. The van der Waals surface area contributed by atoms with Gasteiger partial charge in [0.05, 0.1) is 12.2 Å². The summed E-state index contributed by atoms with van der Waals surface area (Å²) in [6.07, 6.45) is -8.64. The van der Waals surface area contributed by atoms with Crippen molar-refractivity contribution < 1.29 is 128 Å². The Kier molecular flexibility index (Phi) is 36.6. The van der Waals surface area contributed by atoms with Crippen molar-refractivity contribution in [3.05, 3.63) is 0 Å². The minimum Gasteiger partial charge on any atom is -0.463 e. The Morgan fingerprint density at radius 1 is 0.425 bits per heavy atom. The van der Waals surface area contributed by atoms with Gasteiger partial charge in [-0.1, -0.05) is 34.6 Å². The molecule has 0 aromatic rings. The van der Waals surface area contributed by atoms with E-state index in [-0.39, 0.29) is 43.5 Å². The zero-order valence-electron chi connectivity index (χ0n) is 44.2. The lowest BCUT2D eigenvalue weighted by Gasteiger charge is -2.45. The highest BCUT2D eigenvalue weighted by Crippen LogP contribution is 2.36. The fourth-order valence-electron chi connectivity index (χ4n) is 7.04. The minimum atomic E-state index is -3.67. The van der Waals surface area contributed by atoms with Crippen molar-refractivity contribution in [3.8, 4) is 0 Å². The highest BCUT2D eigenvalue weighted by molar-refractivity contribution is 6.33. The maximum atomic E-state index is 11.9. The molecule has 15 atom stereocenters. The molecule has 0 radical (unpaired) electrons. The van der Waals surface area contributed by atoms with E-state index in [1.165, 1.54) is 55.4 Å². The summed E-state index contributed by atoms with van der Waals surface area (Å²) in [5.74, 6) is -5.46. The predicted octanol–water partition coefficient (Wildman–Crippen LogP) is 3.15. The van der Waals surface area contributed by atoms with Gasteiger partial charge in [0.15, 0.2) is 37.7 Å². The molecule has 0 saturated carbocycles. The van der Waals surface area contributed by atoms with Crippen LogP contribution in [0.5, 0.6) is 0 Å². The molecule has 28 heteroatoms. The summed E-state index contributed by atoms with van der Waals surface area (Å²) in [5, 5.41) is 14.2. The van der Waals surface area contributed by atoms with Gasteiger partial charge in [-0.05, 0) is 25.7 Å². The summed E-state index contributed by atoms with van der Waals surface area (Å²) < 4.78 is 105. The van der Waals surface area contributed by atoms with Gasteiger partial charge in [0, 0.05) is 86.4 Å². The number of carbonyl (C=O) groups excluding carboxylic acids is 8. The Labute approximate surface area is 424 Å². The van der Waals surface area contributed by atoms with E-state index >= 15 is 0 Å². The Balaban J connectivity index is 0. The fraction of sp³-hybridized carbons (Fsp3) is 0.822. The average Bonchev–Trinajstić information content (AvgIpc) is 3.26. The van der Waals surface area contributed by atoms with Gasteiger partial charge in [0.25, 0.3) is 0 Å². The van der Waals surface area contributed by atoms with Crippen molar-refractivity contribution >= 4 is 55.3 Å². The van der Waals surface area contributed by atoms with Gasteiger partial charge in [-0.15, -0.1) is 0 Å². The van der Waals surface area contributed by atoms with Crippen molar-refractivity contribution in [2.75, 3.05) is 46.6 Å². The van der Waals surface area contributed by atoms with Crippen LogP contribution in [0.25, 0.3) is 0 Å². The van der Waals surface area contributed by atoms with Crippen molar-refractivity contribution in [1.82, 2.24) is 0 Å². The molecule has 0 aromatic carbocycles. The van der Waals surface area contributed by atoms with Gasteiger partial charge < -0.3 is 76.5 Å². The van der Waals surface area contributed by atoms with E-state index in [1.54, 1.807) is 6.92 Å². The molecule has 3 aliphatic rings. The van der Waals surface area contributed by atoms with E-state index in [4.69, 9.17) is 76.5 Å². The molecular weight excluding hydrogens is 992 g/mol. The smallest absolute Gasteiger partial charge is 0.463 e. The molecule has 0 bridgehead atoms. The summed E-state index contributed by atoms with van der Waals surface area (Å²) >= 11 is 0. The molecule has 424 valence electrons. The first-order valence-electron chi connectivity index (χ1n) is 23.2. The van der Waals surface area contributed by atoms with Crippen LogP contribution in [0.4, 0.5) is 12.9 Å². The lowest BCUT2D eigenvalue weighted by molar-refractivity contribution is -0.338. The number of ether oxygens (including phenoxy) is 14. The first-order chi connectivity index (χ1) is 34.0. The first-order valence-corrected chi connectivity index (χ1v) is 23.2. The normalized spacial score (nSPS) is 29.0. The van der Waals surface area contributed by atoms with Crippen molar-refractivity contribution in [2.24, 2.45) is 29.6 Å². The Bertz CT molecular complexity index is 1650. The van der Waals surface area contributed by atoms with E-state index in [0.29, 0.717) is 0 Å². The lowest BCUT2D eigenvalue weighted by Crippen LogP contribution is -2.58. The van der Waals surface area contributed by atoms with Gasteiger partial charge in [0.2, 0.25) is 6.29 Å². The number of aliphatic hydroxyl groups excluding tert-OH is 1. The van der Waals surface area contributed by atoms with Crippen LogP contribution >= 0.6 is 0 Å². The number of halogens is 3. The van der Waals surface area contributed by atoms with Gasteiger partial charge in [-0.25, -0.2) is 0 Å². The largest absolute Gasteiger partial charge is 0.762 e. The first kappa shape index (κ1) is 70.4. The third kappa shape index (κ3) is 29.7. The third-order valence-electron chi connectivity index (χ3n) is 10.7. The van der Waals surface area contributed by atoms with Crippen LogP contribution in [0.2, 0.25) is 0 Å². The second-order valence-corrected chi connectivity index (χ2v) is 16.4. The molecular formula is C45H76BF3O24. The summed E-state index contributed by atoms with van der Waals surface area (Å²) in [7, 11) is -3.67. The van der Waals surface area contributed by atoms with Gasteiger partial charge in [0.1, 0.15) is 38.8 Å². The van der Waals surface area contributed by atoms with Crippen LogP contribution < -0.4 is 0 Å². The van der Waals surface area contributed by atoms with Crippen LogP contribution in [0, 0.1) is 29.6 Å². The fourth-order valence-corrected chi connectivity index (χ4v) is 7.04. The molecule has 0 amide bonds. The number of carbonyl (C=O) groups is 8. The van der Waals surface area contributed by atoms with Crippen molar-refractivity contribution in [2.45, 2.75) is 165 Å². The molecule has 24 nitrogen and oxygen atoms in total. The summed E-state index contributed by atoms with van der Waals surface area (Å²) in [6.45, 7) is 23.4. The van der Waals surface area contributed by atoms with Gasteiger partial charge in [-0.2, -0.15) is 0 Å². The van der Waals surface area contributed by atoms with E-state index in [0.717, 1.165) is 13.2 Å². The van der Waals surface area contributed by atoms with Crippen molar-refractivity contribution in [3.63, 3.8) is 0 Å². The molecule has 0 aliphatic carbocycles. The van der Waals surface area contributed by atoms with Gasteiger partial charge >= 0.3 is 55.3 Å². The zero-order chi connectivity index (χ0) is 56.7. The van der Waals surface area contributed by atoms with Crippen LogP contribution in [0.15, 0.2) is 0 Å². The van der Waals surface area contributed by atoms with Crippen LogP contribution in [-0.2, 0) is 105 Å². The number of aliphatic hydroxyl groups is 2. The maximum Gasteiger partial charge on any atom is 0.762 e. The van der Waals surface area contributed by atoms with Crippen LogP contribution in [0.3, 0.4) is 0 Å². The molecule has 8 unspecified atom stereocenters. The quantitative estimate of drug-likeness (QED) is 0.0915. The molecule has 3 heterocycles. The number of hydrogen-bond acceptors (Lipinski definition) is 24. The molecule has 73 heavy (non-hydrogen) atoms. The summed E-state index contributed by atoms with van der Waals surface area (Å²) in [4.78, 5) is 91.5. The Hall–Kier alpha value is -4.71. The van der Waals surface area contributed by atoms with Crippen molar-refractivity contribution in [1.29, 1.82) is 0 Å². The second kappa shape index (κ2) is 37.9. The monoisotopic (exact) mass is 1070 g/mol. The highest BCUT2D eigenvalue weighted by Gasteiger charge is 2.50. The second-order valence-electron chi connectivity index (χ2n) is 16.4. The molecule has 3 saturated heterocycles. The SMILES string of the molecule is CC(=O)OCC1O[C@@H](OC(C)=O)C(OC(C)=O)[C@@H](C)[C@@H]1C.CC(=O)OCC1O[C@@H](OCOC2OC(COC(C)=O)[C@@H](C)[C@H](C)C2OC(C)=O)C(C)C(OC(C)=O)[C@@H]1OC(C)=O.CCOCC.FB(F)F.OCO. The van der Waals surface area contributed by atoms with E-state index in [2.05, 4.69) is 0 Å². The standard InChI is InChI=1S/C26H40O14.C14H22O7.C4H10O.CH4O2.BF3/c1-12-13(2)23(37-18(7)30)26(39-20(12)9-32-15(4)27)35-11-34-25-14(3)22(36-17(6)29)24(38-19(8)31)21(40-25)10-33-16(5)28;1-7-8(2)13(19-10(4)16)14(20-11(5)17)21-12(7)6-18-9(3)15;1-3-5-4-2;2-1-3;2-1(3)4/h12-14,20-26H,9-11H2,1-8H3;7-8,12-14H,6H2,1-5H3;3-4H2,1-2H3;2-3H,1H2;/t12-,13-,14?,20?,21?,22?,23?,24+,25+,26?;7-,8-,12?,13?,14+;;;/m00.../s1. The van der Waals surface area contributed by atoms with Crippen LogP contribution in [0.1, 0.15) is 104 Å².